The summed E-state index contributed by atoms with van der Waals surface area (Å²) in [7, 11) is 0. The molecule has 1 unspecified atom stereocenters. The van der Waals surface area contributed by atoms with E-state index in [1.165, 1.54) is 5.56 Å². The molecule has 3 heteroatoms. The van der Waals surface area contributed by atoms with Crippen LogP contribution in [0.5, 0.6) is 0 Å². The van der Waals surface area contributed by atoms with Crippen molar-refractivity contribution in [1.82, 2.24) is 0 Å². The van der Waals surface area contributed by atoms with Crippen LogP contribution in [0.15, 0.2) is 64.5 Å². The average molecular weight is 264 g/mol. The highest BCUT2D eigenvalue weighted by molar-refractivity contribution is 7.99. The maximum absolute atomic E-state index is 9.22. The van der Waals surface area contributed by atoms with Gasteiger partial charge in [0.05, 0.1) is 5.69 Å². The number of rotatable bonds is 1. The Kier molecular flexibility index (Phi) is 3.35. The third kappa shape index (κ3) is 2.54. The highest BCUT2D eigenvalue weighted by atomic mass is 32.2. The van der Waals surface area contributed by atoms with Crippen LogP contribution in [-0.4, -0.2) is 5.71 Å². The van der Waals surface area contributed by atoms with Gasteiger partial charge in [0.1, 0.15) is 11.8 Å². The van der Waals surface area contributed by atoms with Gasteiger partial charge in [-0.3, -0.25) is 0 Å². The number of nitrogens with zero attached hydrogens (tertiary/aromatic N) is 2. The summed E-state index contributed by atoms with van der Waals surface area (Å²) in [5.74, 6) is 0. The Morgan fingerprint density at radius 2 is 1.79 bits per heavy atom. The molecule has 3 rings (SSSR count). The fourth-order valence-electron chi connectivity index (χ4n) is 2.13. The van der Waals surface area contributed by atoms with Crippen molar-refractivity contribution >= 4 is 23.2 Å². The Labute approximate surface area is 116 Å². The Bertz CT molecular complexity index is 656. The molecule has 19 heavy (non-hydrogen) atoms. The summed E-state index contributed by atoms with van der Waals surface area (Å²) in [6.45, 7) is 0. The smallest absolute Gasteiger partial charge is 0.119 e. The molecule has 0 N–H and O–H groups in total. The minimum atomic E-state index is 0.253. The van der Waals surface area contributed by atoms with E-state index >= 15 is 0 Å². The summed E-state index contributed by atoms with van der Waals surface area (Å²) in [6, 6.07) is 20.5. The molecule has 0 spiro atoms. The fraction of sp³-hybridized carbons (Fsp3) is 0.125. The third-order valence-electron chi connectivity index (χ3n) is 3.07. The van der Waals surface area contributed by atoms with Crippen molar-refractivity contribution < 1.29 is 0 Å². The van der Waals surface area contributed by atoms with Crippen molar-refractivity contribution in [1.29, 1.82) is 5.26 Å². The molecule has 2 nitrogen and oxygen atoms in total. The number of hydrogen-bond acceptors (Lipinski definition) is 3. The molecule has 1 atom stereocenters. The zero-order valence-electron chi connectivity index (χ0n) is 10.3. The maximum atomic E-state index is 9.22. The van der Waals surface area contributed by atoms with Crippen LogP contribution in [0.3, 0.4) is 0 Å². The molecule has 92 valence electrons. The van der Waals surface area contributed by atoms with Crippen LogP contribution >= 0.6 is 11.8 Å². The van der Waals surface area contributed by atoms with Gasteiger partial charge in [-0.2, -0.15) is 5.26 Å². The molecule has 2 aromatic rings. The normalized spacial score (nSPS) is 17.8. The van der Waals surface area contributed by atoms with E-state index in [9.17, 15) is 5.26 Å². The predicted molar refractivity (Wildman–Crippen MR) is 78.8 cm³/mol. The Hall–Kier alpha value is -2.05. The van der Waals surface area contributed by atoms with Gasteiger partial charge in [-0.1, -0.05) is 42.5 Å². The summed E-state index contributed by atoms with van der Waals surface area (Å²) >= 11 is 1.78. The van der Waals surface area contributed by atoms with Crippen molar-refractivity contribution in [2.45, 2.75) is 16.6 Å². The molecular weight excluding hydrogens is 252 g/mol. The van der Waals surface area contributed by atoms with Gasteiger partial charge in [0.25, 0.3) is 0 Å². The molecular formula is C16H12N2S. The lowest BCUT2D eigenvalue weighted by Crippen LogP contribution is -2.00. The van der Waals surface area contributed by atoms with E-state index in [1.54, 1.807) is 11.8 Å². The van der Waals surface area contributed by atoms with Crippen LogP contribution in [0.4, 0.5) is 5.69 Å². The van der Waals surface area contributed by atoms with Crippen molar-refractivity contribution in [2.24, 2.45) is 4.99 Å². The van der Waals surface area contributed by atoms with Crippen LogP contribution in [0.1, 0.15) is 17.2 Å². The summed E-state index contributed by atoms with van der Waals surface area (Å²) < 4.78 is 0. The van der Waals surface area contributed by atoms with Gasteiger partial charge >= 0.3 is 0 Å². The van der Waals surface area contributed by atoms with Crippen molar-refractivity contribution in [3.8, 4) is 6.07 Å². The second kappa shape index (κ2) is 5.29. The molecule has 2 aromatic carbocycles. The summed E-state index contributed by atoms with van der Waals surface area (Å²) in [4.78, 5) is 5.61. The molecule has 0 saturated carbocycles. The zero-order chi connectivity index (χ0) is 13.1. The minimum Gasteiger partial charge on any atom is -0.241 e. The molecule has 0 bridgehead atoms. The van der Waals surface area contributed by atoms with Crippen LogP contribution in [0.2, 0.25) is 0 Å². The van der Waals surface area contributed by atoms with Gasteiger partial charge < -0.3 is 0 Å². The molecule has 0 aliphatic carbocycles. The first-order valence-electron chi connectivity index (χ1n) is 6.15. The number of fused-ring (bicyclic) bond motifs is 1. The van der Waals surface area contributed by atoms with E-state index < -0.39 is 0 Å². The first kappa shape index (κ1) is 12.0. The number of aliphatic imine (C=N–C) groups is 1. The molecule has 1 aliphatic heterocycles. The van der Waals surface area contributed by atoms with Gasteiger partial charge in [-0.25, -0.2) is 4.99 Å². The Balaban J connectivity index is 2.04. The number of benzene rings is 2. The lowest BCUT2D eigenvalue weighted by molar-refractivity contribution is 1.01. The molecule has 0 aromatic heterocycles. The number of hydrogen-bond donors (Lipinski definition) is 0. The predicted octanol–water partition coefficient (Wildman–Crippen LogP) is 4.52. The van der Waals surface area contributed by atoms with Gasteiger partial charge in [-0.05, 0) is 17.7 Å². The van der Waals surface area contributed by atoms with Gasteiger partial charge in [0, 0.05) is 16.6 Å². The zero-order valence-corrected chi connectivity index (χ0v) is 11.1. The lowest BCUT2D eigenvalue weighted by Gasteiger charge is -2.14. The molecule has 1 aliphatic rings. The minimum absolute atomic E-state index is 0.253. The van der Waals surface area contributed by atoms with Crippen LogP contribution < -0.4 is 0 Å². The quantitative estimate of drug-likeness (QED) is 0.759. The second-order valence-corrected chi connectivity index (χ2v) is 5.60. The largest absolute Gasteiger partial charge is 0.241 e. The van der Waals surface area contributed by atoms with Crippen LogP contribution in [-0.2, 0) is 0 Å². The third-order valence-corrected chi connectivity index (χ3v) is 4.39. The van der Waals surface area contributed by atoms with E-state index in [1.807, 2.05) is 36.4 Å². The average Bonchev–Trinajstić information content (AvgIpc) is 2.67. The van der Waals surface area contributed by atoms with Crippen molar-refractivity contribution in [3.63, 3.8) is 0 Å². The van der Waals surface area contributed by atoms with Crippen molar-refractivity contribution in [2.75, 3.05) is 0 Å². The molecule has 0 fully saturated rings. The molecule has 0 radical (unpaired) electrons. The standard InChI is InChI=1S/C16H12N2S/c17-11-13-10-16(12-6-2-1-3-7-12)19-15-9-5-4-8-14(15)18-13/h1-9,16H,10H2. The first-order chi connectivity index (χ1) is 9.36. The second-order valence-electron chi connectivity index (χ2n) is 4.36. The SMILES string of the molecule is N#CC1=Nc2ccccc2SC(c2ccccc2)C1. The highest BCUT2D eigenvalue weighted by Crippen LogP contribution is 2.44. The Morgan fingerprint density at radius 3 is 2.58 bits per heavy atom. The number of thioether (sulfide) groups is 1. The number of para-hydroxylation sites is 1. The molecule has 0 saturated heterocycles. The van der Waals surface area contributed by atoms with Gasteiger partial charge in [0.15, 0.2) is 0 Å². The number of nitriles is 1. The van der Waals surface area contributed by atoms with E-state index in [-0.39, 0.29) is 5.25 Å². The maximum Gasteiger partial charge on any atom is 0.119 e. The summed E-state index contributed by atoms with van der Waals surface area (Å²) in [6.07, 6.45) is 0.680. The first-order valence-corrected chi connectivity index (χ1v) is 7.03. The van der Waals surface area contributed by atoms with E-state index in [0.717, 1.165) is 10.6 Å². The lowest BCUT2D eigenvalue weighted by atomic mass is 10.1. The van der Waals surface area contributed by atoms with E-state index in [4.69, 9.17) is 0 Å². The Morgan fingerprint density at radius 1 is 1.05 bits per heavy atom. The fourth-order valence-corrected chi connectivity index (χ4v) is 3.37. The molecule has 0 amide bonds. The van der Waals surface area contributed by atoms with Gasteiger partial charge in [-0.15, -0.1) is 11.8 Å². The summed E-state index contributed by atoms with van der Waals surface area (Å²) in [5.41, 5.74) is 2.75. The highest BCUT2D eigenvalue weighted by Gasteiger charge is 2.21. The van der Waals surface area contributed by atoms with E-state index in [0.29, 0.717) is 12.1 Å². The van der Waals surface area contributed by atoms with Crippen LogP contribution in [0, 0.1) is 11.3 Å². The topological polar surface area (TPSA) is 36.1 Å². The van der Waals surface area contributed by atoms with Crippen LogP contribution in [0.25, 0.3) is 0 Å². The summed E-state index contributed by atoms with van der Waals surface area (Å²) in [5, 5.41) is 9.47. The molecule has 1 heterocycles. The monoisotopic (exact) mass is 264 g/mol. The van der Waals surface area contributed by atoms with Gasteiger partial charge in [0.2, 0.25) is 0 Å². The van der Waals surface area contributed by atoms with E-state index in [2.05, 4.69) is 29.3 Å². The van der Waals surface area contributed by atoms with Crippen molar-refractivity contribution in [3.05, 3.63) is 60.2 Å².